The van der Waals surface area contributed by atoms with Crippen LogP contribution in [0.15, 0.2) is 48.5 Å². The maximum Gasteiger partial charge on any atom is 0.123 e. The van der Waals surface area contributed by atoms with Gasteiger partial charge in [-0.1, -0.05) is 24.3 Å². The summed E-state index contributed by atoms with van der Waals surface area (Å²) in [5.74, 6) is 1.55. The Morgan fingerprint density at radius 2 is 1.04 bits per heavy atom. The molecule has 4 nitrogen and oxygen atoms in total. The fraction of sp³-hybridized carbons (Fsp3) is 0.263. The molecule has 0 aliphatic carbocycles. The highest BCUT2D eigenvalue weighted by Gasteiger charge is 2.00. The quantitative estimate of drug-likeness (QED) is 0.499. The van der Waals surface area contributed by atoms with E-state index in [0.29, 0.717) is 26.1 Å². The molecule has 0 aromatic heterocycles. The summed E-state index contributed by atoms with van der Waals surface area (Å²) < 4.78 is 10.9. The first-order valence-electron chi connectivity index (χ1n) is 7.62. The zero-order chi connectivity index (χ0) is 16.3. The van der Waals surface area contributed by atoms with Gasteiger partial charge in [0.2, 0.25) is 0 Å². The van der Waals surface area contributed by atoms with E-state index in [-0.39, 0.29) is 0 Å². The van der Waals surface area contributed by atoms with Gasteiger partial charge < -0.3 is 19.1 Å². The fourth-order valence-electron chi connectivity index (χ4n) is 2.09. The molecule has 0 atom stereocenters. The summed E-state index contributed by atoms with van der Waals surface area (Å²) >= 11 is 0. The van der Waals surface area contributed by atoms with E-state index >= 15 is 0 Å². The van der Waals surface area contributed by atoms with Crippen molar-refractivity contribution in [2.24, 2.45) is 0 Å². The van der Waals surface area contributed by atoms with E-state index in [1.54, 1.807) is 0 Å². The van der Waals surface area contributed by atoms with Gasteiger partial charge in [-0.25, -0.2) is 0 Å². The molecule has 0 aliphatic heterocycles. The van der Waals surface area contributed by atoms with E-state index in [4.69, 9.17) is 9.47 Å². The van der Waals surface area contributed by atoms with Gasteiger partial charge in [0, 0.05) is 12.8 Å². The predicted octanol–water partition coefficient (Wildman–Crippen LogP) is 3.21. The van der Waals surface area contributed by atoms with Gasteiger partial charge in [-0.05, 0) is 41.8 Å². The summed E-state index contributed by atoms with van der Waals surface area (Å²) in [5.41, 5.74) is 2.37. The molecule has 0 N–H and O–H groups in total. The van der Waals surface area contributed by atoms with Crippen LogP contribution in [-0.2, 0) is 16.0 Å². The molecule has 4 heteroatoms. The van der Waals surface area contributed by atoms with Gasteiger partial charge in [0.15, 0.2) is 0 Å². The number of hydrogen-bond acceptors (Lipinski definition) is 4. The molecule has 2 aromatic rings. The zero-order valence-electron chi connectivity index (χ0n) is 12.9. The van der Waals surface area contributed by atoms with Crippen LogP contribution in [0, 0.1) is 0 Å². The molecule has 0 bridgehead atoms. The predicted molar refractivity (Wildman–Crippen MR) is 88.0 cm³/mol. The second kappa shape index (κ2) is 9.41. The average molecular weight is 312 g/mol. The van der Waals surface area contributed by atoms with Crippen molar-refractivity contribution < 1.29 is 19.1 Å². The largest absolute Gasteiger partial charge is 0.493 e. The lowest BCUT2D eigenvalue weighted by Crippen LogP contribution is -1.98. The molecule has 0 radical (unpaired) electrons. The monoisotopic (exact) mass is 312 g/mol. The second-order valence-corrected chi connectivity index (χ2v) is 5.07. The van der Waals surface area contributed by atoms with Gasteiger partial charge in [-0.3, -0.25) is 0 Å². The molecule has 0 heterocycles. The molecule has 0 amide bonds. The van der Waals surface area contributed by atoms with E-state index in [1.807, 2.05) is 48.5 Å². The Labute approximate surface area is 136 Å². The summed E-state index contributed by atoms with van der Waals surface area (Å²) in [7, 11) is 0. The summed E-state index contributed by atoms with van der Waals surface area (Å²) in [5, 5.41) is 0. The molecule has 0 fully saturated rings. The number of ether oxygens (including phenoxy) is 2. The Morgan fingerprint density at radius 3 is 1.39 bits per heavy atom. The summed E-state index contributed by atoms with van der Waals surface area (Å²) in [6, 6.07) is 15.7. The lowest BCUT2D eigenvalue weighted by Gasteiger charge is -2.07. The van der Waals surface area contributed by atoms with Crippen LogP contribution in [0.1, 0.15) is 24.0 Å². The first-order valence-corrected chi connectivity index (χ1v) is 7.62. The molecule has 2 aromatic carbocycles. The number of hydrogen-bond donors (Lipinski definition) is 0. The van der Waals surface area contributed by atoms with Gasteiger partial charge in [-0.2, -0.15) is 0 Å². The number of benzene rings is 2. The van der Waals surface area contributed by atoms with Crippen molar-refractivity contribution in [3.8, 4) is 11.5 Å². The second-order valence-electron chi connectivity index (χ2n) is 5.07. The topological polar surface area (TPSA) is 52.6 Å². The van der Waals surface area contributed by atoms with E-state index < -0.39 is 0 Å². The maximum absolute atomic E-state index is 10.2. The highest BCUT2D eigenvalue weighted by Crippen LogP contribution is 2.18. The molecule has 2 rings (SSSR count). The van der Waals surface area contributed by atoms with E-state index in [0.717, 1.165) is 30.5 Å². The molecular weight excluding hydrogens is 292 g/mol. The first-order chi connectivity index (χ1) is 11.3. The number of carbonyl (C=O) groups is 2. The smallest absolute Gasteiger partial charge is 0.123 e. The van der Waals surface area contributed by atoms with E-state index in [2.05, 4.69) is 0 Å². The first kappa shape index (κ1) is 16.7. The highest BCUT2D eigenvalue weighted by molar-refractivity contribution is 5.49. The fourth-order valence-corrected chi connectivity index (χ4v) is 2.09. The van der Waals surface area contributed by atoms with Crippen molar-refractivity contribution in [1.29, 1.82) is 0 Å². The van der Waals surface area contributed by atoms with Crippen LogP contribution in [0.5, 0.6) is 11.5 Å². The number of carbonyl (C=O) groups excluding carboxylic acids is 2. The standard InChI is InChI=1S/C19H20O4/c20-11-1-13-22-18-7-3-16(4-8-18)15-17-5-9-19(10-6-17)23-14-2-12-21/h3-12H,1-2,13-15H2. The van der Waals surface area contributed by atoms with Crippen LogP contribution >= 0.6 is 0 Å². The minimum absolute atomic E-state index is 0.406. The van der Waals surface area contributed by atoms with Gasteiger partial charge in [0.1, 0.15) is 24.1 Å². The Hall–Kier alpha value is -2.62. The van der Waals surface area contributed by atoms with Gasteiger partial charge in [0.05, 0.1) is 13.2 Å². The normalized spacial score (nSPS) is 10.1. The number of aldehydes is 2. The Balaban J connectivity index is 1.86. The van der Waals surface area contributed by atoms with Crippen LogP contribution in [0.3, 0.4) is 0 Å². The van der Waals surface area contributed by atoms with Crippen molar-refractivity contribution >= 4 is 12.6 Å². The Kier molecular flexibility index (Phi) is 6.85. The van der Waals surface area contributed by atoms with E-state index in [1.165, 1.54) is 11.1 Å². The SMILES string of the molecule is O=CCCOc1ccc(Cc2ccc(OCCC=O)cc2)cc1. The zero-order valence-corrected chi connectivity index (χ0v) is 12.9. The molecule has 23 heavy (non-hydrogen) atoms. The van der Waals surface area contributed by atoms with Crippen molar-refractivity contribution in [3.63, 3.8) is 0 Å². The summed E-state index contributed by atoms with van der Waals surface area (Å²) in [4.78, 5) is 20.5. The molecular formula is C19H20O4. The van der Waals surface area contributed by atoms with Crippen molar-refractivity contribution in [2.45, 2.75) is 19.3 Å². The van der Waals surface area contributed by atoms with Crippen LogP contribution < -0.4 is 9.47 Å². The molecule has 0 aliphatic rings. The Morgan fingerprint density at radius 1 is 0.652 bits per heavy atom. The Bertz CT molecular complexity index is 547. The van der Waals surface area contributed by atoms with Crippen LogP contribution in [0.25, 0.3) is 0 Å². The van der Waals surface area contributed by atoms with E-state index in [9.17, 15) is 9.59 Å². The molecule has 120 valence electrons. The third-order valence-electron chi connectivity index (χ3n) is 3.26. The van der Waals surface area contributed by atoms with Crippen molar-refractivity contribution in [2.75, 3.05) is 13.2 Å². The molecule has 0 saturated heterocycles. The van der Waals surface area contributed by atoms with Gasteiger partial charge >= 0.3 is 0 Å². The summed E-state index contributed by atoms with van der Waals surface area (Å²) in [6.07, 6.45) is 3.33. The lowest BCUT2D eigenvalue weighted by atomic mass is 10.0. The average Bonchev–Trinajstić information content (AvgIpc) is 2.58. The third-order valence-corrected chi connectivity index (χ3v) is 3.26. The minimum Gasteiger partial charge on any atom is -0.493 e. The third kappa shape index (κ3) is 5.94. The molecule has 0 saturated carbocycles. The van der Waals surface area contributed by atoms with Crippen LogP contribution in [-0.4, -0.2) is 25.8 Å². The minimum atomic E-state index is 0.406. The maximum atomic E-state index is 10.2. The van der Waals surface area contributed by atoms with Crippen LogP contribution in [0.4, 0.5) is 0 Å². The van der Waals surface area contributed by atoms with Crippen LogP contribution in [0.2, 0.25) is 0 Å². The summed E-state index contributed by atoms with van der Waals surface area (Å²) in [6.45, 7) is 0.822. The van der Waals surface area contributed by atoms with Gasteiger partial charge in [0.25, 0.3) is 0 Å². The number of rotatable bonds is 10. The van der Waals surface area contributed by atoms with Crippen molar-refractivity contribution in [1.82, 2.24) is 0 Å². The highest BCUT2D eigenvalue weighted by atomic mass is 16.5. The lowest BCUT2D eigenvalue weighted by molar-refractivity contribution is -0.109. The van der Waals surface area contributed by atoms with Crippen molar-refractivity contribution in [3.05, 3.63) is 59.7 Å². The van der Waals surface area contributed by atoms with Gasteiger partial charge in [-0.15, -0.1) is 0 Å². The molecule has 0 unspecified atom stereocenters. The molecule has 0 spiro atoms.